The van der Waals surface area contributed by atoms with Crippen LogP contribution in [0.2, 0.25) is 0 Å². The number of Topliss-reactive ketones (excluding diaryl/α,β-unsaturated/α-hetero) is 1. The zero-order valence-electron chi connectivity index (χ0n) is 9.90. The van der Waals surface area contributed by atoms with E-state index in [1.807, 2.05) is 19.1 Å². The fourth-order valence-electron chi connectivity index (χ4n) is 1.70. The van der Waals surface area contributed by atoms with Gasteiger partial charge >= 0.3 is 0 Å². The molecule has 1 atom stereocenters. The fraction of sp³-hybridized carbons (Fsp3) is 0.308. The maximum atomic E-state index is 11.8. The van der Waals surface area contributed by atoms with E-state index in [0.29, 0.717) is 11.3 Å². The SMILES string of the molecule is CC1Sc2ccc(C(=O)CCC#N)cc2NC1=O. The van der Waals surface area contributed by atoms with Crippen LogP contribution >= 0.6 is 11.8 Å². The molecule has 0 fully saturated rings. The van der Waals surface area contributed by atoms with Gasteiger partial charge in [0.1, 0.15) is 0 Å². The van der Waals surface area contributed by atoms with Crippen molar-refractivity contribution < 1.29 is 9.59 Å². The summed E-state index contributed by atoms with van der Waals surface area (Å²) in [5.41, 5.74) is 1.23. The molecule has 1 unspecified atom stereocenters. The fourth-order valence-corrected chi connectivity index (χ4v) is 2.63. The number of thioether (sulfide) groups is 1. The van der Waals surface area contributed by atoms with Gasteiger partial charge in [-0.1, -0.05) is 6.07 Å². The van der Waals surface area contributed by atoms with Gasteiger partial charge in [0.25, 0.3) is 0 Å². The van der Waals surface area contributed by atoms with Crippen molar-refractivity contribution in [1.82, 2.24) is 0 Å². The Morgan fingerprint density at radius 2 is 2.33 bits per heavy atom. The summed E-state index contributed by atoms with van der Waals surface area (Å²) in [7, 11) is 0. The van der Waals surface area contributed by atoms with Crippen molar-refractivity contribution >= 4 is 29.1 Å². The van der Waals surface area contributed by atoms with Crippen molar-refractivity contribution in [3.8, 4) is 6.07 Å². The molecule has 0 spiro atoms. The van der Waals surface area contributed by atoms with E-state index in [2.05, 4.69) is 5.32 Å². The highest BCUT2D eigenvalue weighted by Crippen LogP contribution is 2.36. The average molecular weight is 260 g/mol. The first-order valence-corrected chi connectivity index (χ1v) is 6.51. The molecule has 0 bridgehead atoms. The van der Waals surface area contributed by atoms with E-state index in [0.717, 1.165) is 4.90 Å². The molecule has 5 heteroatoms. The van der Waals surface area contributed by atoms with E-state index in [-0.39, 0.29) is 29.8 Å². The van der Waals surface area contributed by atoms with Gasteiger partial charge in [-0.25, -0.2) is 0 Å². The predicted molar refractivity (Wildman–Crippen MR) is 69.6 cm³/mol. The molecule has 0 radical (unpaired) electrons. The molecule has 1 heterocycles. The van der Waals surface area contributed by atoms with Crippen LogP contribution < -0.4 is 5.32 Å². The third-order valence-electron chi connectivity index (χ3n) is 2.70. The highest BCUT2D eigenvalue weighted by atomic mass is 32.2. The maximum absolute atomic E-state index is 11.8. The minimum atomic E-state index is -0.113. The van der Waals surface area contributed by atoms with Crippen molar-refractivity contribution in [2.24, 2.45) is 0 Å². The molecule has 1 aliphatic rings. The molecule has 1 aliphatic heterocycles. The van der Waals surface area contributed by atoms with Gasteiger partial charge in [0.05, 0.1) is 17.0 Å². The number of nitriles is 1. The number of nitrogens with one attached hydrogen (secondary N) is 1. The van der Waals surface area contributed by atoms with Crippen LogP contribution in [-0.2, 0) is 4.79 Å². The summed E-state index contributed by atoms with van der Waals surface area (Å²) >= 11 is 1.48. The molecule has 0 aliphatic carbocycles. The second kappa shape index (κ2) is 5.23. The standard InChI is InChI=1S/C13H12N2O2S/c1-8-13(17)15-10-7-9(4-5-12(10)18-8)11(16)3-2-6-14/h4-5,7-8H,2-3H2,1H3,(H,15,17). The lowest BCUT2D eigenvalue weighted by atomic mass is 10.1. The lowest BCUT2D eigenvalue weighted by molar-refractivity contribution is -0.115. The topological polar surface area (TPSA) is 70.0 Å². The molecular formula is C13H12N2O2S. The van der Waals surface area contributed by atoms with E-state index in [1.165, 1.54) is 11.8 Å². The Labute approximate surface area is 109 Å². The van der Waals surface area contributed by atoms with E-state index >= 15 is 0 Å². The van der Waals surface area contributed by atoms with E-state index in [4.69, 9.17) is 5.26 Å². The van der Waals surface area contributed by atoms with Crippen LogP contribution in [0.5, 0.6) is 0 Å². The first-order chi connectivity index (χ1) is 8.61. The van der Waals surface area contributed by atoms with Crippen LogP contribution in [-0.4, -0.2) is 16.9 Å². The predicted octanol–water partition coefficient (Wildman–Crippen LogP) is 2.61. The van der Waals surface area contributed by atoms with Crippen LogP contribution in [0.15, 0.2) is 23.1 Å². The quantitative estimate of drug-likeness (QED) is 0.848. The van der Waals surface area contributed by atoms with Crippen molar-refractivity contribution in [3.63, 3.8) is 0 Å². The van der Waals surface area contributed by atoms with Gasteiger partial charge in [-0.05, 0) is 19.1 Å². The average Bonchev–Trinajstić information content (AvgIpc) is 2.36. The molecule has 0 saturated carbocycles. The number of carbonyl (C=O) groups excluding carboxylic acids is 2. The summed E-state index contributed by atoms with van der Waals surface area (Å²) in [5, 5.41) is 11.1. The summed E-state index contributed by atoms with van der Waals surface area (Å²) in [6.07, 6.45) is 0.431. The van der Waals surface area contributed by atoms with E-state index in [1.54, 1.807) is 12.1 Å². The number of rotatable bonds is 3. The molecular weight excluding hydrogens is 248 g/mol. The number of ketones is 1. The van der Waals surface area contributed by atoms with Gasteiger partial charge in [-0.2, -0.15) is 5.26 Å². The van der Waals surface area contributed by atoms with Crippen molar-refractivity contribution in [2.45, 2.75) is 29.9 Å². The Balaban J connectivity index is 2.23. The summed E-state index contributed by atoms with van der Waals surface area (Å²) < 4.78 is 0. The van der Waals surface area contributed by atoms with Crippen molar-refractivity contribution in [2.75, 3.05) is 5.32 Å². The Hall–Kier alpha value is -1.80. The van der Waals surface area contributed by atoms with Gasteiger partial charge in [0, 0.05) is 23.3 Å². The lowest BCUT2D eigenvalue weighted by Crippen LogP contribution is -2.26. The van der Waals surface area contributed by atoms with Crippen LogP contribution in [0.3, 0.4) is 0 Å². The number of carbonyl (C=O) groups is 2. The summed E-state index contributed by atoms with van der Waals surface area (Å²) in [4.78, 5) is 24.3. The van der Waals surface area contributed by atoms with Gasteiger partial charge in [-0.3, -0.25) is 9.59 Å². The molecule has 18 heavy (non-hydrogen) atoms. The number of nitrogens with zero attached hydrogens (tertiary/aromatic N) is 1. The number of hydrogen-bond acceptors (Lipinski definition) is 4. The molecule has 2 rings (SSSR count). The second-order valence-corrected chi connectivity index (χ2v) is 5.42. The Bertz CT molecular complexity index is 548. The minimum Gasteiger partial charge on any atom is -0.324 e. The van der Waals surface area contributed by atoms with Crippen molar-refractivity contribution in [3.05, 3.63) is 23.8 Å². The Kier molecular flexibility index (Phi) is 3.68. The van der Waals surface area contributed by atoms with E-state index in [9.17, 15) is 9.59 Å². The molecule has 4 nitrogen and oxygen atoms in total. The van der Waals surface area contributed by atoms with Crippen molar-refractivity contribution in [1.29, 1.82) is 5.26 Å². The smallest absolute Gasteiger partial charge is 0.237 e. The van der Waals surface area contributed by atoms with Gasteiger partial charge in [0.15, 0.2) is 5.78 Å². The first kappa shape index (κ1) is 12.7. The molecule has 0 aromatic heterocycles. The van der Waals surface area contributed by atoms with Crippen LogP contribution in [0, 0.1) is 11.3 Å². The molecule has 1 aromatic rings. The number of anilines is 1. The van der Waals surface area contributed by atoms with Crippen LogP contribution in [0.4, 0.5) is 5.69 Å². The van der Waals surface area contributed by atoms with Gasteiger partial charge < -0.3 is 5.32 Å². The molecule has 92 valence electrons. The number of amides is 1. The number of benzene rings is 1. The maximum Gasteiger partial charge on any atom is 0.237 e. The molecule has 1 aromatic carbocycles. The monoisotopic (exact) mass is 260 g/mol. The normalized spacial score (nSPS) is 17.6. The van der Waals surface area contributed by atoms with Gasteiger partial charge in [-0.15, -0.1) is 11.8 Å². The zero-order chi connectivity index (χ0) is 13.1. The molecule has 1 amide bonds. The summed E-state index contributed by atoms with van der Waals surface area (Å²) in [5.74, 6) is -0.119. The van der Waals surface area contributed by atoms with Crippen LogP contribution in [0.1, 0.15) is 30.1 Å². The summed E-state index contributed by atoms with van der Waals surface area (Å²) in [6.45, 7) is 1.84. The molecule has 0 saturated heterocycles. The number of hydrogen-bond donors (Lipinski definition) is 1. The Morgan fingerprint density at radius 1 is 1.56 bits per heavy atom. The highest BCUT2D eigenvalue weighted by Gasteiger charge is 2.23. The first-order valence-electron chi connectivity index (χ1n) is 5.63. The minimum absolute atomic E-state index is 0.0471. The van der Waals surface area contributed by atoms with Gasteiger partial charge in [0.2, 0.25) is 5.91 Å². The molecule has 1 N–H and O–H groups in total. The Morgan fingerprint density at radius 3 is 3.06 bits per heavy atom. The number of fused-ring (bicyclic) bond motifs is 1. The third-order valence-corrected chi connectivity index (χ3v) is 3.87. The summed E-state index contributed by atoms with van der Waals surface area (Å²) in [6, 6.07) is 7.22. The highest BCUT2D eigenvalue weighted by molar-refractivity contribution is 8.00. The zero-order valence-corrected chi connectivity index (χ0v) is 10.7. The van der Waals surface area contributed by atoms with Crippen LogP contribution in [0.25, 0.3) is 0 Å². The largest absolute Gasteiger partial charge is 0.324 e. The van der Waals surface area contributed by atoms with E-state index < -0.39 is 0 Å². The second-order valence-electron chi connectivity index (χ2n) is 4.04. The third kappa shape index (κ3) is 2.54. The lowest BCUT2D eigenvalue weighted by Gasteiger charge is -2.21.